The first-order chi connectivity index (χ1) is 8.15. The van der Waals surface area contributed by atoms with Crippen LogP contribution in [0.25, 0.3) is 0 Å². The fourth-order valence-electron chi connectivity index (χ4n) is 1.83. The highest BCUT2D eigenvalue weighted by Crippen LogP contribution is 2.42. The van der Waals surface area contributed by atoms with Crippen LogP contribution >= 0.6 is 11.8 Å². The summed E-state index contributed by atoms with van der Waals surface area (Å²) in [5.41, 5.74) is 5.29. The van der Waals surface area contributed by atoms with Crippen LogP contribution in [0.2, 0.25) is 0 Å². The number of anilines is 1. The van der Waals surface area contributed by atoms with E-state index in [-0.39, 0.29) is 5.69 Å². The third-order valence-corrected chi connectivity index (χ3v) is 4.63. The molecular weight excluding hydrogens is 236 g/mol. The van der Waals surface area contributed by atoms with Crippen molar-refractivity contribution < 1.29 is 4.79 Å². The van der Waals surface area contributed by atoms with Crippen LogP contribution in [-0.2, 0) is 0 Å². The number of hydrogen-bond donors (Lipinski definition) is 2. The van der Waals surface area contributed by atoms with Crippen LogP contribution in [0.4, 0.5) is 5.82 Å². The predicted molar refractivity (Wildman–Crippen MR) is 69.1 cm³/mol. The first-order valence-electron chi connectivity index (χ1n) is 5.58. The van der Waals surface area contributed by atoms with E-state index in [4.69, 9.17) is 5.73 Å². The molecule has 0 bridgehead atoms. The highest BCUT2D eigenvalue weighted by molar-refractivity contribution is 8.00. The second-order valence-electron chi connectivity index (χ2n) is 4.26. The van der Waals surface area contributed by atoms with Crippen molar-refractivity contribution >= 4 is 23.5 Å². The molecule has 1 aromatic rings. The SMILES string of the molecule is CSC1(CNc2ccc(C(N)=O)nn2)CCC1. The molecule has 2 rings (SSSR count). The minimum Gasteiger partial charge on any atom is -0.367 e. The highest BCUT2D eigenvalue weighted by Gasteiger charge is 2.35. The Hall–Kier alpha value is -1.30. The number of aromatic nitrogens is 2. The number of hydrogen-bond acceptors (Lipinski definition) is 5. The van der Waals surface area contributed by atoms with Gasteiger partial charge in [0, 0.05) is 11.3 Å². The van der Waals surface area contributed by atoms with E-state index in [0.717, 1.165) is 6.54 Å². The van der Waals surface area contributed by atoms with Crippen molar-refractivity contribution in [3.8, 4) is 0 Å². The van der Waals surface area contributed by atoms with Crippen LogP contribution in [0.3, 0.4) is 0 Å². The molecule has 6 heteroatoms. The summed E-state index contributed by atoms with van der Waals surface area (Å²) in [6.45, 7) is 0.888. The van der Waals surface area contributed by atoms with Crippen LogP contribution in [0.5, 0.6) is 0 Å². The molecule has 0 radical (unpaired) electrons. The summed E-state index contributed by atoms with van der Waals surface area (Å²) in [7, 11) is 0. The average molecular weight is 252 g/mol. The molecule has 1 amide bonds. The molecule has 0 atom stereocenters. The number of rotatable bonds is 5. The Kier molecular flexibility index (Phi) is 3.51. The molecule has 0 saturated heterocycles. The lowest BCUT2D eigenvalue weighted by Gasteiger charge is -2.40. The van der Waals surface area contributed by atoms with Crippen LogP contribution in [0.15, 0.2) is 12.1 Å². The molecule has 0 aromatic carbocycles. The lowest BCUT2D eigenvalue weighted by Crippen LogP contribution is -2.40. The molecule has 0 aliphatic heterocycles. The van der Waals surface area contributed by atoms with Crippen molar-refractivity contribution in [2.75, 3.05) is 18.1 Å². The largest absolute Gasteiger partial charge is 0.367 e. The van der Waals surface area contributed by atoms with Gasteiger partial charge in [0.2, 0.25) is 0 Å². The topological polar surface area (TPSA) is 80.9 Å². The second-order valence-corrected chi connectivity index (χ2v) is 5.54. The maximum Gasteiger partial charge on any atom is 0.269 e. The van der Waals surface area contributed by atoms with E-state index in [1.54, 1.807) is 12.1 Å². The van der Waals surface area contributed by atoms with Gasteiger partial charge in [-0.25, -0.2) is 0 Å². The molecule has 1 heterocycles. The van der Waals surface area contributed by atoms with Crippen LogP contribution in [-0.4, -0.2) is 33.7 Å². The molecule has 1 fully saturated rings. The maximum atomic E-state index is 10.8. The fraction of sp³-hybridized carbons (Fsp3) is 0.545. The van der Waals surface area contributed by atoms with Crippen molar-refractivity contribution in [1.82, 2.24) is 10.2 Å². The number of carbonyl (C=O) groups excluding carboxylic acids is 1. The first kappa shape index (κ1) is 12.2. The van der Waals surface area contributed by atoms with E-state index in [1.807, 2.05) is 11.8 Å². The number of nitrogens with zero attached hydrogens (tertiary/aromatic N) is 2. The zero-order valence-corrected chi connectivity index (χ0v) is 10.6. The molecule has 1 aliphatic carbocycles. The molecule has 0 unspecified atom stereocenters. The number of nitrogens with one attached hydrogen (secondary N) is 1. The number of amides is 1. The van der Waals surface area contributed by atoms with Crippen molar-refractivity contribution in [2.45, 2.75) is 24.0 Å². The van der Waals surface area contributed by atoms with Crippen molar-refractivity contribution in [1.29, 1.82) is 0 Å². The van der Waals surface area contributed by atoms with Gasteiger partial charge in [-0.2, -0.15) is 11.8 Å². The number of carbonyl (C=O) groups is 1. The van der Waals surface area contributed by atoms with Gasteiger partial charge in [-0.1, -0.05) is 6.42 Å². The zero-order chi connectivity index (χ0) is 12.3. The summed E-state index contributed by atoms with van der Waals surface area (Å²) in [5, 5.41) is 10.9. The van der Waals surface area contributed by atoms with Gasteiger partial charge in [-0.15, -0.1) is 10.2 Å². The third kappa shape index (κ3) is 2.69. The predicted octanol–water partition coefficient (Wildman–Crippen LogP) is 1.27. The number of thioether (sulfide) groups is 1. The number of primary amides is 1. The smallest absolute Gasteiger partial charge is 0.269 e. The Morgan fingerprint density at radius 1 is 1.53 bits per heavy atom. The summed E-state index contributed by atoms with van der Waals surface area (Å²) < 4.78 is 0.351. The van der Waals surface area contributed by atoms with Crippen molar-refractivity contribution in [2.24, 2.45) is 5.73 Å². The van der Waals surface area contributed by atoms with E-state index in [2.05, 4.69) is 21.8 Å². The maximum absolute atomic E-state index is 10.8. The first-order valence-corrected chi connectivity index (χ1v) is 6.80. The fourth-order valence-corrected chi connectivity index (χ4v) is 2.75. The van der Waals surface area contributed by atoms with Crippen LogP contribution in [0, 0.1) is 0 Å². The molecule has 92 valence electrons. The van der Waals surface area contributed by atoms with Crippen molar-refractivity contribution in [3.05, 3.63) is 17.8 Å². The summed E-state index contributed by atoms with van der Waals surface area (Å²) in [6, 6.07) is 3.32. The Labute approximate surface area is 105 Å². The normalized spacial score (nSPS) is 17.2. The van der Waals surface area contributed by atoms with E-state index >= 15 is 0 Å². The van der Waals surface area contributed by atoms with Crippen molar-refractivity contribution in [3.63, 3.8) is 0 Å². The van der Waals surface area contributed by atoms with Gasteiger partial charge in [0.15, 0.2) is 5.69 Å². The van der Waals surface area contributed by atoms with E-state index in [9.17, 15) is 4.79 Å². The Balaban J connectivity index is 1.93. The molecule has 1 saturated carbocycles. The minimum atomic E-state index is -0.552. The molecule has 0 spiro atoms. The van der Waals surface area contributed by atoms with E-state index in [1.165, 1.54) is 19.3 Å². The molecule has 1 aliphatic rings. The van der Waals surface area contributed by atoms with E-state index in [0.29, 0.717) is 10.6 Å². The summed E-state index contributed by atoms with van der Waals surface area (Å²) in [5.74, 6) is 0.138. The quantitative estimate of drug-likeness (QED) is 0.825. The van der Waals surface area contributed by atoms with Gasteiger partial charge in [-0.05, 0) is 31.2 Å². The summed E-state index contributed by atoms with van der Waals surface area (Å²) in [4.78, 5) is 10.8. The highest BCUT2D eigenvalue weighted by atomic mass is 32.2. The lowest BCUT2D eigenvalue weighted by atomic mass is 9.84. The summed E-state index contributed by atoms with van der Waals surface area (Å²) >= 11 is 1.90. The molecule has 1 aromatic heterocycles. The standard InChI is InChI=1S/C11H16N4OS/c1-17-11(5-2-6-11)7-13-9-4-3-8(10(12)16)14-15-9/h3-4H,2,5-7H2,1H3,(H2,12,16)(H,13,15). The lowest BCUT2D eigenvalue weighted by molar-refractivity contribution is 0.0994. The monoisotopic (exact) mass is 252 g/mol. The number of nitrogens with two attached hydrogens (primary N) is 1. The van der Waals surface area contributed by atoms with Crippen LogP contribution in [0.1, 0.15) is 29.8 Å². The van der Waals surface area contributed by atoms with Gasteiger partial charge in [-0.3, -0.25) is 4.79 Å². The zero-order valence-electron chi connectivity index (χ0n) is 9.77. The molecular formula is C11H16N4OS. The van der Waals surface area contributed by atoms with Gasteiger partial charge in [0.1, 0.15) is 5.82 Å². The Bertz CT molecular complexity index is 397. The summed E-state index contributed by atoms with van der Waals surface area (Å²) in [6.07, 6.45) is 5.93. The van der Waals surface area contributed by atoms with Gasteiger partial charge < -0.3 is 11.1 Å². The van der Waals surface area contributed by atoms with Gasteiger partial charge in [0.25, 0.3) is 5.91 Å². The third-order valence-electron chi connectivity index (χ3n) is 3.21. The van der Waals surface area contributed by atoms with Gasteiger partial charge in [0.05, 0.1) is 0 Å². The Morgan fingerprint density at radius 2 is 2.29 bits per heavy atom. The van der Waals surface area contributed by atoms with Crippen LogP contribution < -0.4 is 11.1 Å². The van der Waals surface area contributed by atoms with E-state index < -0.39 is 5.91 Å². The Morgan fingerprint density at radius 3 is 2.71 bits per heavy atom. The second kappa shape index (κ2) is 4.91. The molecule has 17 heavy (non-hydrogen) atoms. The average Bonchev–Trinajstić information content (AvgIpc) is 2.29. The minimum absolute atomic E-state index is 0.193. The molecule has 3 N–H and O–H groups in total. The van der Waals surface area contributed by atoms with Gasteiger partial charge >= 0.3 is 0 Å². The molecule has 5 nitrogen and oxygen atoms in total.